The molecule has 1 aliphatic heterocycles. The van der Waals surface area contributed by atoms with E-state index in [1.165, 1.54) is 7.11 Å². The van der Waals surface area contributed by atoms with Crippen molar-refractivity contribution >= 4 is 23.0 Å². The lowest BCUT2D eigenvalue weighted by molar-refractivity contribution is -0.135. The lowest BCUT2D eigenvalue weighted by Gasteiger charge is -2.29. The van der Waals surface area contributed by atoms with Gasteiger partial charge in [0.15, 0.2) is 0 Å². The molecule has 2 amide bonds. The minimum Gasteiger partial charge on any atom is -0.497 e. The number of carbonyl (C=O) groups is 2. The van der Waals surface area contributed by atoms with Crippen LogP contribution in [0.4, 0.5) is 4.79 Å². The van der Waals surface area contributed by atoms with Crippen molar-refractivity contribution in [3.8, 4) is 16.9 Å². The van der Waals surface area contributed by atoms with Crippen molar-refractivity contribution < 1.29 is 19.1 Å². The second kappa shape index (κ2) is 9.52. The summed E-state index contributed by atoms with van der Waals surface area (Å²) in [6.07, 6.45) is 1.10. The van der Waals surface area contributed by atoms with Gasteiger partial charge in [0.2, 0.25) is 5.91 Å². The second-order valence-corrected chi connectivity index (χ2v) is 8.63. The fourth-order valence-electron chi connectivity index (χ4n) is 4.34. The minimum atomic E-state index is -0.649. The number of amides is 2. The van der Waals surface area contributed by atoms with Gasteiger partial charge in [-0.05, 0) is 54.2 Å². The molecule has 0 aliphatic carbocycles. The first-order valence-electron chi connectivity index (χ1n) is 11.2. The number of fused-ring (bicyclic) bond motifs is 1. The largest absolute Gasteiger partial charge is 0.497 e. The monoisotopic (exact) mass is 450 g/mol. The predicted molar refractivity (Wildman–Crippen MR) is 126 cm³/mol. The first kappa shape index (κ1) is 22.6. The number of hydrogen-bond donors (Lipinski definition) is 2. The van der Waals surface area contributed by atoms with Gasteiger partial charge in [0.25, 0.3) is 0 Å². The fourth-order valence-corrected chi connectivity index (χ4v) is 4.34. The van der Waals surface area contributed by atoms with Crippen molar-refractivity contribution in [2.45, 2.75) is 38.8 Å². The summed E-state index contributed by atoms with van der Waals surface area (Å²) in [4.78, 5) is 35.1. The van der Waals surface area contributed by atoms with E-state index < -0.39 is 12.1 Å². The average Bonchev–Trinajstić information content (AvgIpc) is 3.48. The maximum Gasteiger partial charge on any atom is 0.407 e. The Morgan fingerprint density at radius 1 is 1.12 bits per heavy atom. The van der Waals surface area contributed by atoms with Gasteiger partial charge in [-0.15, -0.1) is 0 Å². The van der Waals surface area contributed by atoms with Crippen LogP contribution in [0.3, 0.4) is 0 Å². The van der Waals surface area contributed by atoms with Gasteiger partial charge in [0, 0.05) is 6.54 Å². The van der Waals surface area contributed by atoms with Crippen molar-refractivity contribution in [1.29, 1.82) is 0 Å². The Kier molecular flexibility index (Phi) is 6.53. The van der Waals surface area contributed by atoms with Crippen LogP contribution in [0.25, 0.3) is 22.2 Å². The normalized spacial score (nSPS) is 16.8. The Morgan fingerprint density at radius 3 is 2.52 bits per heavy atom. The van der Waals surface area contributed by atoms with Crippen molar-refractivity contribution in [2.75, 3.05) is 20.8 Å². The molecule has 8 heteroatoms. The molecular weight excluding hydrogens is 420 g/mol. The number of nitrogens with zero attached hydrogens (tertiary/aromatic N) is 2. The van der Waals surface area contributed by atoms with E-state index in [-0.39, 0.29) is 17.9 Å². The van der Waals surface area contributed by atoms with E-state index in [2.05, 4.69) is 16.4 Å². The molecule has 33 heavy (non-hydrogen) atoms. The number of carbonyl (C=O) groups excluding carboxylic acids is 2. The van der Waals surface area contributed by atoms with Gasteiger partial charge < -0.3 is 24.7 Å². The highest BCUT2D eigenvalue weighted by Crippen LogP contribution is 2.33. The Labute approximate surface area is 193 Å². The van der Waals surface area contributed by atoms with Crippen LogP contribution >= 0.6 is 0 Å². The lowest BCUT2D eigenvalue weighted by atomic mass is 10.0. The smallest absolute Gasteiger partial charge is 0.407 e. The van der Waals surface area contributed by atoms with Crippen molar-refractivity contribution in [3.63, 3.8) is 0 Å². The lowest BCUT2D eigenvalue weighted by Crippen LogP contribution is -2.51. The molecule has 2 heterocycles. The van der Waals surface area contributed by atoms with Crippen LogP contribution in [0.15, 0.2) is 42.5 Å². The molecule has 2 aromatic carbocycles. The van der Waals surface area contributed by atoms with Gasteiger partial charge in [-0.3, -0.25) is 4.79 Å². The predicted octanol–water partition coefficient (Wildman–Crippen LogP) is 4.28. The number of nitrogens with one attached hydrogen (secondary N) is 2. The number of H-pyrrole nitrogens is 1. The standard InChI is InChI=1S/C25H30N4O4/c1-15(2)22(28-25(31)33-4)24(30)29-13-5-6-21(29)23-26-19-12-9-17(14-20(19)27-23)16-7-10-18(32-3)11-8-16/h7-12,14-15,21-22H,5-6,13H2,1-4H3,(H,26,27)(H,28,31). The first-order chi connectivity index (χ1) is 15.9. The maximum atomic E-state index is 13.3. The van der Waals surface area contributed by atoms with Gasteiger partial charge in [-0.2, -0.15) is 0 Å². The molecular formula is C25H30N4O4. The Morgan fingerprint density at radius 2 is 1.85 bits per heavy atom. The second-order valence-electron chi connectivity index (χ2n) is 8.63. The highest BCUT2D eigenvalue weighted by Gasteiger charge is 2.37. The third-order valence-electron chi connectivity index (χ3n) is 6.17. The summed E-state index contributed by atoms with van der Waals surface area (Å²) in [6.45, 7) is 4.45. The van der Waals surface area contributed by atoms with E-state index in [1.807, 2.05) is 55.1 Å². The van der Waals surface area contributed by atoms with Gasteiger partial charge in [0.05, 0.1) is 31.3 Å². The molecule has 4 rings (SSSR count). The van der Waals surface area contributed by atoms with E-state index in [1.54, 1.807) is 7.11 Å². The quantitative estimate of drug-likeness (QED) is 0.584. The molecule has 2 unspecified atom stereocenters. The fraction of sp³-hybridized carbons (Fsp3) is 0.400. The number of aromatic nitrogens is 2. The molecule has 0 saturated carbocycles. The van der Waals surface area contributed by atoms with E-state index in [4.69, 9.17) is 14.5 Å². The van der Waals surface area contributed by atoms with E-state index in [0.717, 1.165) is 46.6 Å². The summed E-state index contributed by atoms with van der Waals surface area (Å²) in [6, 6.07) is 13.2. The number of ether oxygens (including phenoxy) is 2. The van der Waals surface area contributed by atoms with E-state index in [0.29, 0.717) is 6.54 Å². The zero-order chi connectivity index (χ0) is 23.5. The topological polar surface area (TPSA) is 96.6 Å². The number of hydrogen-bond acceptors (Lipinski definition) is 5. The summed E-state index contributed by atoms with van der Waals surface area (Å²) in [7, 11) is 2.95. The number of benzene rings is 2. The zero-order valence-electron chi connectivity index (χ0n) is 19.4. The van der Waals surface area contributed by atoms with Crippen LogP contribution in [-0.4, -0.2) is 53.7 Å². The summed E-state index contributed by atoms with van der Waals surface area (Å²) < 4.78 is 9.95. The molecule has 1 aromatic heterocycles. The van der Waals surface area contributed by atoms with Crippen molar-refractivity contribution in [1.82, 2.24) is 20.2 Å². The Hall–Kier alpha value is -3.55. The molecule has 2 N–H and O–H groups in total. The molecule has 1 saturated heterocycles. The number of imidazole rings is 1. The number of alkyl carbamates (subject to hydrolysis) is 1. The summed E-state index contributed by atoms with van der Waals surface area (Å²) >= 11 is 0. The van der Waals surface area contributed by atoms with Crippen LogP contribution in [-0.2, 0) is 9.53 Å². The third kappa shape index (κ3) is 4.65. The Balaban J connectivity index is 1.59. The van der Waals surface area contributed by atoms with Gasteiger partial charge >= 0.3 is 6.09 Å². The SMILES string of the molecule is COC(=O)NC(C(=O)N1CCCC1c1nc2ccc(-c3ccc(OC)cc3)cc2[nH]1)C(C)C. The van der Waals surface area contributed by atoms with Gasteiger partial charge in [-0.25, -0.2) is 9.78 Å². The molecule has 0 bridgehead atoms. The highest BCUT2D eigenvalue weighted by molar-refractivity contribution is 5.87. The van der Waals surface area contributed by atoms with Crippen LogP contribution in [0.5, 0.6) is 5.75 Å². The Bertz CT molecular complexity index is 1140. The third-order valence-corrected chi connectivity index (χ3v) is 6.17. The molecule has 0 spiro atoms. The van der Waals surface area contributed by atoms with Crippen LogP contribution in [0.2, 0.25) is 0 Å². The number of aromatic amines is 1. The summed E-state index contributed by atoms with van der Waals surface area (Å²) in [5.74, 6) is 1.40. The maximum absolute atomic E-state index is 13.3. The highest BCUT2D eigenvalue weighted by atomic mass is 16.5. The molecule has 8 nitrogen and oxygen atoms in total. The van der Waals surface area contributed by atoms with Gasteiger partial charge in [0.1, 0.15) is 17.6 Å². The minimum absolute atomic E-state index is 0.0689. The molecule has 2 atom stereocenters. The number of methoxy groups -OCH3 is 2. The van der Waals surface area contributed by atoms with Gasteiger partial charge in [-0.1, -0.05) is 32.0 Å². The van der Waals surface area contributed by atoms with Crippen molar-refractivity contribution in [3.05, 3.63) is 48.3 Å². The first-order valence-corrected chi connectivity index (χ1v) is 11.2. The van der Waals surface area contributed by atoms with Crippen LogP contribution < -0.4 is 10.1 Å². The van der Waals surface area contributed by atoms with E-state index >= 15 is 0 Å². The van der Waals surface area contributed by atoms with Crippen molar-refractivity contribution in [2.24, 2.45) is 5.92 Å². The molecule has 3 aromatic rings. The zero-order valence-corrected chi connectivity index (χ0v) is 19.4. The summed E-state index contributed by atoms with van der Waals surface area (Å²) in [5, 5.41) is 2.68. The van der Waals surface area contributed by atoms with E-state index in [9.17, 15) is 9.59 Å². The summed E-state index contributed by atoms with van der Waals surface area (Å²) in [5.41, 5.74) is 3.93. The number of rotatable bonds is 6. The molecule has 1 fully saturated rings. The molecule has 1 aliphatic rings. The molecule has 174 valence electrons. The van der Waals surface area contributed by atoms with Crippen LogP contribution in [0.1, 0.15) is 38.6 Å². The van der Waals surface area contributed by atoms with Crippen LogP contribution in [0, 0.1) is 5.92 Å². The average molecular weight is 451 g/mol. The molecule has 0 radical (unpaired) electrons. The number of likely N-dealkylation sites (tertiary alicyclic amines) is 1.